The van der Waals surface area contributed by atoms with Gasteiger partial charge in [0, 0.05) is 6.42 Å². The van der Waals surface area contributed by atoms with Crippen molar-refractivity contribution < 1.29 is 19.0 Å². The van der Waals surface area contributed by atoms with Crippen molar-refractivity contribution in [2.45, 2.75) is 19.4 Å². The highest BCUT2D eigenvalue weighted by atomic mass is 16.5. The van der Waals surface area contributed by atoms with Gasteiger partial charge in [0.15, 0.2) is 11.5 Å². The van der Waals surface area contributed by atoms with Gasteiger partial charge in [-0.15, -0.1) is 0 Å². The molecule has 0 unspecified atom stereocenters. The number of aryl methyl sites for hydroxylation is 1. The quantitative estimate of drug-likeness (QED) is 0.735. The minimum absolute atomic E-state index is 0.210. The smallest absolute Gasteiger partial charge is 0.306 e. The van der Waals surface area contributed by atoms with E-state index >= 15 is 0 Å². The van der Waals surface area contributed by atoms with Gasteiger partial charge in [-0.25, -0.2) is 0 Å². The number of hydrogen-bond acceptors (Lipinski definition) is 4. The summed E-state index contributed by atoms with van der Waals surface area (Å²) in [5.74, 6) is 1.07. The van der Waals surface area contributed by atoms with Crippen molar-refractivity contribution in [1.29, 1.82) is 0 Å². The maximum Gasteiger partial charge on any atom is 0.306 e. The number of rotatable bonds is 7. The molecule has 0 heterocycles. The van der Waals surface area contributed by atoms with E-state index in [1.54, 1.807) is 20.3 Å². The maximum absolute atomic E-state index is 11.8. The van der Waals surface area contributed by atoms with Gasteiger partial charge in [0.05, 0.1) is 14.2 Å². The van der Waals surface area contributed by atoms with E-state index in [9.17, 15) is 4.79 Å². The van der Waals surface area contributed by atoms with Crippen LogP contribution in [0.2, 0.25) is 0 Å². The highest BCUT2D eigenvalue weighted by molar-refractivity contribution is 5.69. The van der Waals surface area contributed by atoms with Gasteiger partial charge in [-0.3, -0.25) is 4.79 Å². The summed E-state index contributed by atoms with van der Waals surface area (Å²) in [6.07, 6.45) is 1.06. The Morgan fingerprint density at radius 3 is 2.32 bits per heavy atom. The summed E-state index contributed by atoms with van der Waals surface area (Å²) in [5, 5.41) is 0. The summed E-state index contributed by atoms with van der Waals surface area (Å²) in [7, 11) is 3.16. The molecule has 0 amide bonds. The third-order valence-corrected chi connectivity index (χ3v) is 3.31. The Morgan fingerprint density at radius 2 is 1.64 bits per heavy atom. The molecule has 0 saturated carbocycles. The molecular formula is C18H20O4. The van der Waals surface area contributed by atoms with Gasteiger partial charge in [-0.1, -0.05) is 36.4 Å². The predicted octanol–water partition coefficient (Wildman–Crippen LogP) is 3.38. The number of carbonyl (C=O) groups is 1. The SMILES string of the molecule is COc1ccc(COC(=O)CCc2ccccc2)cc1OC. The van der Waals surface area contributed by atoms with Crippen LogP contribution in [-0.2, 0) is 22.6 Å². The van der Waals surface area contributed by atoms with Gasteiger partial charge >= 0.3 is 5.97 Å². The third kappa shape index (κ3) is 4.52. The molecule has 0 radical (unpaired) electrons. The van der Waals surface area contributed by atoms with Crippen LogP contribution < -0.4 is 9.47 Å². The van der Waals surface area contributed by atoms with Crippen molar-refractivity contribution in [3.63, 3.8) is 0 Å². The van der Waals surface area contributed by atoms with E-state index in [2.05, 4.69) is 0 Å². The van der Waals surface area contributed by atoms with E-state index in [4.69, 9.17) is 14.2 Å². The van der Waals surface area contributed by atoms with Crippen molar-refractivity contribution in [3.05, 3.63) is 59.7 Å². The standard InChI is InChI=1S/C18H20O4/c1-20-16-10-8-15(12-17(16)21-2)13-22-18(19)11-9-14-6-4-3-5-7-14/h3-8,10,12H,9,11,13H2,1-2H3. The van der Waals surface area contributed by atoms with Crippen LogP contribution in [0.4, 0.5) is 0 Å². The molecule has 4 heteroatoms. The van der Waals surface area contributed by atoms with Crippen LogP contribution in [-0.4, -0.2) is 20.2 Å². The van der Waals surface area contributed by atoms with Crippen molar-refractivity contribution in [2.24, 2.45) is 0 Å². The van der Waals surface area contributed by atoms with Crippen LogP contribution in [0.5, 0.6) is 11.5 Å². The van der Waals surface area contributed by atoms with Crippen LogP contribution in [0.25, 0.3) is 0 Å². The summed E-state index contributed by atoms with van der Waals surface area (Å²) < 4.78 is 15.7. The molecule has 0 aliphatic carbocycles. The van der Waals surface area contributed by atoms with Crippen molar-refractivity contribution in [2.75, 3.05) is 14.2 Å². The molecule has 4 nitrogen and oxygen atoms in total. The highest BCUT2D eigenvalue weighted by Crippen LogP contribution is 2.27. The van der Waals surface area contributed by atoms with Gasteiger partial charge in [-0.05, 0) is 29.7 Å². The zero-order valence-electron chi connectivity index (χ0n) is 12.9. The summed E-state index contributed by atoms with van der Waals surface area (Å²) >= 11 is 0. The van der Waals surface area contributed by atoms with Crippen LogP contribution in [0, 0.1) is 0 Å². The summed E-state index contributed by atoms with van der Waals surface area (Å²) in [4.78, 5) is 11.8. The number of ether oxygens (including phenoxy) is 3. The average molecular weight is 300 g/mol. The predicted molar refractivity (Wildman–Crippen MR) is 84.1 cm³/mol. The third-order valence-electron chi connectivity index (χ3n) is 3.31. The van der Waals surface area contributed by atoms with Crippen LogP contribution >= 0.6 is 0 Å². The number of benzene rings is 2. The molecular weight excluding hydrogens is 280 g/mol. The van der Waals surface area contributed by atoms with E-state index in [1.807, 2.05) is 42.5 Å². The van der Waals surface area contributed by atoms with Crippen molar-refractivity contribution in [3.8, 4) is 11.5 Å². The van der Waals surface area contributed by atoms with Crippen molar-refractivity contribution >= 4 is 5.97 Å². The van der Waals surface area contributed by atoms with Gasteiger partial charge in [-0.2, -0.15) is 0 Å². The largest absolute Gasteiger partial charge is 0.493 e. The minimum Gasteiger partial charge on any atom is -0.493 e. The molecule has 2 aromatic carbocycles. The fourth-order valence-corrected chi connectivity index (χ4v) is 2.10. The van der Waals surface area contributed by atoms with Crippen LogP contribution in [0.3, 0.4) is 0 Å². The fraction of sp³-hybridized carbons (Fsp3) is 0.278. The van der Waals surface area contributed by atoms with Gasteiger partial charge < -0.3 is 14.2 Å². The summed E-state index contributed by atoms with van der Waals surface area (Å²) in [5.41, 5.74) is 2.00. The second kappa shape index (κ2) is 8.08. The van der Waals surface area contributed by atoms with E-state index < -0.39 is 0 Å². The highest BCUT2D eigenvalue weighted by Gasteiger charge is 2.07. The molecule has 0 aliphatic heterocycles. The molecule has 22 heavy (non-hydrogen) atoms. The molecule has 0 atom stereocenters. The molecule has 116 valence electrons. The molecule has 0 fully saturated rings. The van der Waals surface area contributed by atoms with Crippen molar-refractivity contribution in [1.82, 2.24) is 0 Å². The first-order valence-corrected chi connectivity index (χ1v) is 7.13. The Bertz CT molecular complexity index is 608. The fourth-order valence-electron chi connectivity index (χ4n) is 2.10. The first-order valence-electron chi connectivity index (χ1n) is 7.13. The zero-order chi connectivity index (χ0) is 15.8. The molecule has 0 saturated heterocycles. The lowest BCUT2D eigenvalue weighted by Crippen LogP contribution is -2.06. The molecule has 0 bridgehead atoms. The number of carbonyl (C=O) groups excluding carboxylic acids is 1. The van der Waals surface area contributed by atoms with E-state index in [0.29, 0.717) is 24.3 Å². The topological polar surface area (TPSA) is 44.8 Å². The molecule has 0 aliphatic rings. The number of hydrogen-bond donors (Lipinski definition) is 0. The van der Waals surface area contributed by atoms with Crippen LogP contribution in [0.15, 0.2) is 48.5 Å². The molecule has 2 aromatic rings. The number of methoxy groups -OCH3 is 2. The lowest BCUT2D eigenvalue weighted by Gasteiger charge is -2.10. The Hall–Kier alpha value is -2.49. The molecule has 0 N–H and O–H groups in total. The second-order valence-electron chi connectivity index (χ2n) is 4.84. The zero-order valence-corrected chi connectivity index (χ0v) is 12.9. The van der Waals surface area contributed by atoms with Gasteiger partial charge in [0.1, 0.15) is 6.61 Å². The van der Waals surface area contributed by atoms with E-state index in [0.717, 1.165) is 11.1 Å². The van der Waals surface area contributed by atoms with E-state index in [1.165, 1.54) is 0 Å². The first-order chi connectivity index (χ1) is 10.7. The Kier molecular flexibility index (Phi) is 5.83. The minimum atomic E-state index is -0.210. The Balaban J connectivity index is 1.83. The normalized spacial score (nSPS) is 10.1. The monoisotopic (exact) mass is 300 g/mol. The summed E-state index contributed by atoms with van der Waals surface area (Å²) in [6, 6.07) is 15.3. The molecule has 0 aromatic heterocycles. The average Bonchev–Trinajstić information content (AvgIpc) is 2.58. The lowest BCUT2D eigenvalue weighted by molar-refractivity contribution is -0.144. The van der Waals surface area contributed by atoms with Gasteiger partial charge in [0.25, 0.3) is 0 Å². The summed E-state index contributed by atoms with van der Waals surface area (Å²) in [6.45, 7) is 0.230. The Labute approximate surface area is 130 Å². The second-order valence-corrected chi connectivity index (χ2v) is 4.84. The Morgan fingerprint density at radius 1 is 0.909 bits per heavy atom. The van der Waals surface area contributed by atoms with E-state index in [-0.39, 0.29) is 12.6 Å². The molecule has 2 rings (SSSR count). The number of esters is 1. The maximum atomic E-state index is 11.8. The first kappa shape index (κ1) is 15.9. The van der Waals surface area contributed by atoms with Crippen LogP contribution in [0.1, 0.15) is 17.5 Å². The van der Waals surface area contributed by atoms with Gasteiger partial charge in [0.2, 0.25) is 0 Å². The lowest BCUT2D eigenvalue weighted by atomic mass is 10.1. The molecule has 0 spiro atoms.